The summed E-state index contributed by atoms with van der Waals surface area (Å²) < 4.78 is 52.6. The first kappa shape index (κ1) is 24.5. The molecule has 4 rings (SSSR count). The Hall–Kier alpha value is -3.59. The maximum absolute atomic E-state index is 13.6. The molecular weight excluding hydrogens is 459 g/mol. The van der Waals surface area contributed by atoms with E-state index in [-0.39, 0.29) is 30.5 Å². The minimum absolute atomic E-state index is 0.0705. The van der Waals surface area contributed by atoms with Gasteiger partial charge in [0, 0.05) is 38.9 Å². The van der Waals surface area contributed by atoms with Crippen molar-refractivity contribution in [2.45, 2.75) is 19.6 Å². The summed E-state index contributed by atoms with van der Waals surface area (Å²) in [5, 5.41) is 0. The molecule has 0 saturated heterocycles. The minimum Gasteiger partial charge on any atom is -0.488 e. The highest BCUT2D eigenvalue weighted by atomic mass is 19.4. The highest BCUT2D eigenvalue weighted by Gasteiger charge is 2.33. The summed E-state index contributed by atoms with van der Waals surface area (Å²) in [6.07, 6.45) is -2.90. The third-order valence-corrected chi connectivity index (χ3v) is 5.79. The maximum Gasteiger partial charge on any atom is 0.416 e. The number of aromatic nitrogens is 1. The molecule has 3 aromatic rings. The highest BCUT2D eigenvalue weighted by molar-refractivity contribution is 5.96. The number of fused-ring (bicyclic) bond motifs is 2. The summed E-state index contributed by atoms with van der Waals surface area (Å²) in [5.41, 5.74) is -0.180. The number of pyridine rings is 1. The van der Waals surface area contributed by atoms with Crippen LogP contribution in [0.4, 0.5) is 13.2 Å². The summed E-state index contributed by atoms with van der Waals surface area (Å²) in [7, 11) is 0. The van der Waals surface area contributed by atoms with Crippen LogP contribution in [-0.2, 0) is 12.7 Å². The molecule has 1 aliphatic rings. The van der Waals surface area contributed by atoms with Gasteiger partial charge in [-0.15, -0.1) is 0 Å². The van der Waals surface area contributed by atoms with Crippen molar-refractivity contribution in [1.82, 2.24) is 14.8 Å². The van der Waals surface area contributed by atoms with E-state index in [2.05, 4.69) is 4.98 Å². The van der Waals surface area contributed by atoms with Crippen molar-refractivity contribution >= 4 is 5.91 Å². The van der Waals surface area contributed by atoms with Gasteiger partial charge in [0.1, 0.15) is 12.2 Å². The number of halogens is 3. The van der Waals surface area contributed by atoms with Gasteiger partial charge in [-0.25, -0.2) is 4.98 Å². The molecule has 0 atom stereocenters. The molecule has 9 heteroatoms. The van der Waals surface area contributed by atoms with Crippen molar-refractivity contribution in [3.63, 3.8) is 0 Å². The number of hydrogen-bond acceptors (Lipinski definition) is 5. The van der Waals surface area contributed by atoms with E-state index in [0.717, 1.165) is 6.07 Å². The Morgan fingerprint density at radius 2 is 1.69 bits per heavy atom. The second-order valence-electron chi connectivity index (χ2n) is 8.07. The lowest BCUT2D eigenvalue weighted by atomic mass is 10.1. The number of nitrogens with zero attached hydrogens (tertiary/aromatic N) is 3. The van der Waals surface area contributed by atoms with Gasteiger partial charge in [0.25, 0.3) is 5.91 Å². The quantitative estimate of drug-likeness (QED) is 0.507. The molecule has 1 aromatic heterocycles. The van der Waals surface area contributed by atoms with E-state index in [4.69, 9.17) is 9.47 Å². The first-order chi connectivity index (χ1) is 16.9. The van der Waals surface area contributed by atoms with Crippen LogP contribution in [-0.4, -0.2) is 53.5 Å². The van der Waals surface area contributed by atoms with Gasteiger partial charge in [-0.05, 0) is 42.8 Å². The fourth-order valence-electron chi connectivity index (χ4n) is 3.96. The average Bonchev–Trinajstić information content (AvgIpc) is 2.85. The lowest BCUT2D eigenvalue weighted by Gasteiger charge is -2.28. The van der Waals surface area contributed by atoms with E-state index >= 15 is 0 Å². The van der Waals surface area contributed by atoms with Crippen molar-refractivity contribution in [2.75, 3.05) is 32.8 Å². The number of ether oxygens (including phenoxy) is 2. The molecular formula is C26H26F3N3O3. The number of rotatable bonds is 3. The topological polar surface area (TPSA) is 54.9 Å². The van der Waals surface area contributed by atoms with Gasteiger partial charge in [0.05, 0.1) is 5.56 Å². The summed E-state index contributed by atoms with van der Waals surface area (Å²) in [6, 6.07) is 15.9. The minimum atomic E-state index is -4.45. The third-order valence-electron chi connectivity index (χ3n) is 5.79. The first-order valence-corrected chi connectivity index (χ1v) is 11.4. The molecule has 6 nitrogen and oxygen atoms in total. The third kappa shape index (κ3) is 5.92. The maximum atomic E-state index is 13.6. The molecule has 0 radical (unpaired) electrons. The Morgan fingerprint density at radius 1 is 0.943 bits per heavy atom. The highest BCUT2D eigenvalue weighted by Crippen LogP contribution is 2.34. The van der Waals surface area contributed by atoms with Crippen LogP contribution in [0.2, 0.25) is 0 Å². The van der Waals surface area contributed by atoms with Gasteiger partial charge in [0.15, 0.2) is 11.5 Å². The molecule has 2 aromatic carbocycles. The Morgan fingerprint density at radius 3 is 2.46 bits per heavy atom. The van der Waals surface area contributed by atoms with Crippen molar-refractivity contribution in [2.24, 2.45) is 0 Å². The van der Waals surface area contributed by atoms with Crippen molar-refractivity contribution in [1.29, 1.82) is 0 Å². The molecule has 184 valence electrons. The van der Waals surface area contributed by atoms with Crippen LogP contribution < -0.4 is 9.47 Å². The summed E-state index contributed by atoms with van der Waals surface area (Å²) in [6.45, 7) is 3.63. The van der Waals surface area contributed by atoms with Crippen LogP contribution in [0.5, 0.6) is 17.4 Å². The SMILES string of the molecule is CCN1CCN(Cc2ccccc2C(F)(F)F)CCOc2ccccc2Oc2ncccc2C1=O. The van der Waals surface area contributed by atoms with Gasteiger partial charge in [0.2, 0.25) is 5.88 Å². The van der Waals surface area contributed by atoms with Crippen molar-refractivity contribution in [3.05, 3.63) is 83.6 Å². The fraction of sp³-hybridized carbons (Fsp3) is 0.308. The zero-order valence-electron chi connectivity index (χ0n) is 19.3. The van der Waals surface area contributed by atoms with E-state index in [1.165, 1.54) is 12.1 Å². The van der Waals surface area contributed by atoms with Crippen LogP contribution in [0.1, 0.15) is 28.4 Å². The molecule has 0 aliphatic carbocycles. The second-order valence-corrected chi connectivity index (χ2v) is 8.07. The zero-order valence-corrected chi connectivity index (χ0v) is 19.3. The first-order valence-electron chi connectivity index (χ1n) is 11.4. The van der Waals surface area contributed by atoms with E-state index in [0.29, 0.717) is 43.2 Å². The van der Waals surface area contributed by atoms with E-state index in [9.17, 15) is 18.0 Å². The van der Waals surface area contributed by atoms with Crippen LogP contribution in [0, 0.1) is 0 Å². The van der Waals surface area contributed by atoms with Gasteiger partial charge in [-0.1, -0.05) is 30.3 Å². The zero-order chi connectivity index (χ0) is 24.8. The largest absolute Gasteiger partial charge is 0.488 e. The number of hydrogen-bond donors (Lipinski definition) is 0. The van der Waals surface area contributed by atoms with Gasteiger partial charge in [-0.2, -0.15) is 13.2 Å². The molecule has 0 bridgehead atoms. The monoisotopic (exact) mass is 485 g/mol. The summed E-state index contributed by atoms with van der Waals surface area (Å²) in [4.78, 5) is 21.1. The van der Waals surface area contributed by atoms with Crippen LogP contribution in [0.15, 0.2) is 66.9 Å². The standard InChI is InChI=1S/C26H26F3N3O3/c1-2-32-15-14-31(18-19-8-3-4-10-21(19)26(27,28)29)16-17-34-22-11-5-6-12-23(22)35-24-20(25(32)33)9-7-13-30-24/h3-13H,2,14-18H2,1H3. The Labute approximate surface area is 201 Å². The Balaban J connectivity index is 1.66. The van der Waals surface area contributed by atoms with Crippen LogP contribution in [0.25, 0.3) is 0 Å². The summed E-state index contributed by atoms with van der Waals surface area (Å²) >= 11 is 0. The van der Waals surface area contributed by atoms with Gasteiger partial charge < -0.3 is 14.4 Å². The average molecular weight is 486 g/mol. The van der Waals surface area contributed by atoms with Gasteiger partial charge in [-0.3, -0.25) is 9.69 Å². The van der Waals surface area contributed by atoms with Crippen molar-refractivity contribution in [3.8, 4) is 17.4 Å². The lowest BCUT2D eigenvalue weighted by molar-refractivity contribution is -0.138. The number of benzene rings is 2. The second kappa shape index (κ2) is 10.8. The summed E-state index contributed by atoms with van der Waals surface area (Å²) in [5.74, 6) is 0.765. The molecule has 35 heavy (non-hydrogen) atoms. The number of amides is 1. The molecule has 0 N–H and O–H groups in total. The molecule has 2 heterocycles. The van der Waals surface area contributed by atoms with Crippen molar-refractivity contribution < 1.29 is 27.4 Å². The smallest absolute Gasteiger partial charge is 0.416 e. The predicted molar refractivity (Wildman–Crippen MR) is 125 cm³/mol. The molecule has 0 spiro atoms. The Kier molecular flexibility index (Phi) is 7.55. The molecule has 0 unspecified atom stereocenters. The number of para-hydroxylation sites is 2. The van der Waals surface area contributed by atoms with Gasteiger partial charge >= 0.3 is 6.18 Å². The number of carbonyl (C=O) groups excluding carboxylic acids is 1. The number of carbonyl (C=O) groups is 1. The van der Waals surface area contributed by atoms with E-state index in [1.807, 2.05) is 11.8 Å². The fourth-order valence-corrected chi connectivity index (χ4v) is 3.96. The molecule has 0 saturated carbocycles. The van der Waals surface area contributed by atoms with E-state index in [1.54, 1.807) is 53.6 Å². The Bertz CT molecular complexity index is 1170. The molecule has 1 amide bonds. The van der Waals surface area contributed by atoms with Crippen LogP contribution in [0.3, 0.4) is 0 Å². The lowest BCUT2D eigenvalue weighted by Crippen LogP contribution is -2.40. The molecule has 1 aliphatic heterocycles. The van der Waals surface area contributed by atoms with Crippen LogP contribution >= 0.6 is 0 Å². The number of likely N-dealkylation sites (N-methyl/N-ethyl adjacent to an activating group) is 1. The molecule has 0 fully saturated rings. The predicted octanol–water partition coefficient (Wildman–Crippen LogP) is 5.25. The van der Waals surface area contributed by atoms with E-state index < -0.39 is 11.7 Å². The number of alkyl halides is 3. The normalized spacial score (nSPS) is 15.5.